The van der Waals surface area contributed by atoms with Crippen molar-refractivity contribution in [2.24, 2.45) is 5.92 Å². The Morgan fingerprint density at radius 2 is 1.17 bits per heavy atom. The number of imidazole rings is 1. The highest BCUT2D eigenvalue weighted by atomic mass is 15.1. The Morgan fingerprint density at radius 1 is 0.657 bits per heavy atom. The van der Waals surface area contributed by atoms with Crippen LogP contribution in [0.15, 0.2) is 49.1 Å². The van der Waals surface area contributed by atoms with Crippen molar-refractivity contribution < 1.29 is 4.57 Å². The van der Waals surface area contributed by atoms with Crippen LogP contribution in [0.4, 0.5) is 0 Å². The number of hydrogen-bond donors (Lipinski definition) is 1. The Bertz CT molecular complexity index is 678. The Hall–Kier alpha value is -1.57. The van der Waals surface area contributed by atoms with Crippen molar-refractivity contribution in [2.45, 2.75) is 148 Å². The Morgan fingerprint density at radius 3 is 1.63 bits per heavy atom. The molecule has 0 amide bonds. The van der Waals surface area contributed by atoms with Crippen LogP contribution >= 0.6 is 0 Å². The molecule has 0 radical (unpaired) electrons. The third kappa shape index (κ3) is 13.9. The lowest BCUT2D eigenvalue weighted by Gasteiger charge is -2.24. The maximum atomic E-state index is 3.27. The molecular weight excluding hydrogens is 424 g/mol. The van der Waals surface area contributed by atoms with Gasteiger partial charge in [0.2, 0.25) is 6.33 Å². The summed E-state index contributed by atoms with van der Waals surface area (Å²) in [5.74, 6) is 0.694. The van der Waals surface area contributed by atoms with Crippen LogP contribution in [0.2, 0.25) is 0 Å². The van der Waals surface area contributed by atoms with Crippen LogP contribution < -0.4 is 4.57 Å². The Kier molecular flexibility index (Phi) is 17.5. The number of hydrogen-bond acceptors (Lipinski definition) is 0. The zero-order chi connectivity index (χ0) is 24.8. The Balaban J connectivity index is 1.50. The van der Waals surface area contributed by atoms with Crippen molar-refractivity contribution in [3.05, 3.63) is 54.6 Å². The van der Waals surface area contributed by atoms with E-state index in [1.54, 1.807) is 0 Å². The van der Waals surface area contributed by atoms with E-state index >= 15 is 0 Å². The Labute approximate surface area is 218 Å². The number of aromatic nitrogens is 2. The molecule has 0 bridgehead atoms. The van der Waals surface area contributed by atoms with E-state index in [2.05, 4.69) is 72.5 Å². The highest BCUT2D eigenvalue weighted by molar-refractivity contribution is 5.15. The van der Waals surface area contributed by atoms with Gasteiger partial charge in [0.05, 0.1) is 0 Å². The summed E-state index contributed by atoms with van der Waals surface area (Å²) in [6.45, 7) is 4.67. The summed E-state index contributed by atoms with van der Waals surface area (Å²) < 4.78 is 2.43. The first-order valence-electron chi connectivity index (χ1n) is 15.4. The van der Waals surface area contributed by atoms with Gasteiger partial charge in [-0.3, -0.25) is 4.98 Å². The monoisotopic (exact) mass is 481 g/mol. The zero-order valence-corrected chi connectivity index (χ0v) is 23.4. The molecule has 2 aromatic rings. The van der Waals surface area contributed by atoms with Gasteiger partial charge in [-0.1, -0.05) is 147 Å². The average molecular weight is 482 g/mol. The van der Waals surface area contributed by atoms with Crippen LogP contribution in [0.1, 0.15) is 147 Å². The number of H-pyrrole nitrogens is 1. The molecule has 0 aliphatic rings. The van der Waals surface area contributed by atoms with E-state index in [1.807, 2.05) is 0 Å². The molecule has 0 saturated heterocycles. The van der Waals surface area contributed by atoms with Crippen molar-refractivity contribution in [1.82, 2.24) is 4.98 Å². The summed E-state index contributed by atoms with van der Waals surface area (Å²) >= 11 is 0. The third-order valence-electron chi connectivity index (χ3n) is 7.96. The number of rotatable bonds is 23. The van der Waals surface area contributed by atoms with Gasteiger partial charge in [0.1, 0.15) is 18.4 Å². The second kappa shape index (κ2) is 20.6. The minimum Gasteiger partial charge on any atom is -0.250 e. The van der Waals surface area contributed by atoms with E-state index in [0.29, 0.717) is 12.0 Å². The van der Waals surface area contributed by atoms with Gasteiger partial charge in [0.25, 0.3) is 0 Å². The topological polar surface area (TPSA) is 19.7 Å². The van der Waals surface area contributed by atoms with Gasteiger partial charge in [0, 0.05) is 5.92 Å². The van der Waals surface area contributed by atoms with Crippen LogP contribution in [-0.2, 0) is 6.42 Å². The number of nitrogens with one attached hydrogen (secondary N) is 1. The van der Waals surface area contributed by atoms with Gasteiger partial charge in [-0.15, -0.1) is 0 Å². The summed E-state index contributed by atoms with van der Waals surface area (Å²) in [5.41, 5.74) is 1.47. The molecule has 35 heavy (non-hydrogen) atoms. The lowest BCUT2D eigenvalue weighted by Crippen LogP contribution is -2.42. The average Bonchev–Trinajstić information content (AvgIpc) is 3.42. The van der Waals surface area contributed by atoms with Gasteiger partial charge in [-0.25, -0.2) is 4.57 Å². The first-order valence-corrected chi connectivity index (χ1v) is 15.4. The molecule has 2 heteroatoms. The molecule has 2 unspecified atom stereocenters. The molecule has 1 aromatic heterocycles. The molecule has 0 aliphatic carbocycles. The summed E-state index contributed by atoms with van der Waals surface area (Å²) in [6.07, 6.45) is 34.6. The summed E-state index contributed by atoms with van der Waals surface area (Å²) in [6, 6.07) is 11.7. The predicted molar refractivity (Wildman–Crippen MR) is 153 cm³/mol. The predicted octanol–water partition coefficient (Wildman–Crippen LogP) is 10.2. The number of aromatic amines is 1. The van der Waals surface area contributed by atoms with E-state index in [-0.39, 0.29) is 0 Å². The largest absolute Gasteiger partial charge is 0.250 e. The summed E-state index contributed by atoms with van der Waals surface area (Å²) in [4.78, 5) is 3.27. The van der Waals surface area contributed by atoms with Crippen LogP contribution in [0.3, 0.4) is 0 Å². The molecule has 0 fully saturated rings. The van der Waals surface area contributed by atoms with E-state index in [4.69, 9.17) is 0 Å². The molecule has 2 rings (SSSR count). The quantitative estimate of drug-likeness (QED) is 0.120. The first kappa shape index (κ1) is 29.7. The fraction of sp³-hybridized carbons (Fsp3) is 0.727. The molecule has 1 aromatic carbocycles. The molecule has 0 aliphatic heterocycles. The van der Waals surface area contributed by atoms with Gasteiger partial charge < -0.3 is 0 Å². The van der Waals surface area contributed by atoms with E-state index in [0.717, 1.165) is 0 Å². The normalized spacial score (nSPS) is 13.2. The first-order chi connectivity index (χ1) is 17.3. The number of nitrogens with zero attached hydrogens (tertiary/aromatic N) is 1. The van der Waals surface area contributed by atoms with Crippen molar-refractivity contribution >= 4 is 0 Å². The highest BCUT2D eigenvalue weighted by Crippen LogP contribution is 2.26. The van der Waals surface area contributed by atoms with E-state index in [9.17, 15) is 0 Å². The molecule has 2 atom stereocenters. The van der Waals surface area contributed by atoms with Crippen LogP contribution in [-0.4, -0.2) is 4.98 Å². The lowest BCUT2D eigenvalue weighted by atomic mass is 9.86. The van der Waals surface area contributed by atoms with Crippen LogP contribution in [0.5, 0.6) is 0 Å². The minimum atomic E-state index is 0.600. The summed E-state index contributed by atoms with van der Waals surface area (Å²) in [5, 5.41) is 0. The molecule has 0 saturated carbocycles. The van der Waals surface area contributed by atoms with Crippen LogP contribution in [0, 0.1) is 5.92 Å². The molecule has 0 spiro atoms. The fourth-order valence-electron chi connectivity index (χ4n) is 5.68. The maximum Gasteiger partial charge on any atom is 0.241 e. The van der Waals surface area contributed by atoms with Crippen molar-refractivity contribution in [1.29, 1.82) is 0 Å². The summed E-state index contributed by atoms with van der Waals surface area (Å²) in [7, 11) is 0. The molecule has 198 valence electrons. The van der Waals surface area contributed by atoms with E-state index < -0.39 is 0 Å². The lowest BCUT2D eigenvalue weighted by molar-refractivity contribution is -0.730. The zero-order valence-electron chi connectivity index (χ0n) is 23.4. The van der Waals surface area contributed by atoms with Gasteiger partial charge in [-0.2, -0.15) is 0 Å². The minimum absolute atomic E-state index is 0.600. The van der Waals surface area contributed by atoms with Crippen molar-refractivity contribution in [3.8, 4) is 0 Å². The number of unbranched alkanes of at least 4 members (excludes halogenated alkanes) is 16. The van der Waals surface area contributed by atoms with Crippen molar-refractivity contribution in [3.63, 3.8) is 0 Å². The maximum absolute atomic E-state index is 3.27. The SMILES string of the molecule is CCCCCCCCCCCCCCCCCCCC(C(CC)Cc1ccccc1)[n+]1cc[nH]c1. The molecular formula is C33H57N2+. The van der Waals surface area contributed by atoms with Gasteiger partial charge in [-0.05, 0) is 31.2 Å². The smallest absolute Gasteiger partial charge is 0.241 e. The highest BCUT2D eigenvalue weighted by Gasteiger charge is 2.25. The number of benzene rings is 1. The second-order valence-electron chi connectivity index (χ2n) is 10.9. The van der Waals surface area contributed by atoms with Gasteiger partial charge >= 0.3 is 0 Å². The van der Waals surface area contributed by atoms with E-state index in [1.165, 1.54) is 134 Å². The molecule has 1 N–H and O–H groups in total. The molecule has 1 heterocycles. The van der Waals surface area contributed by atoms with Crippen molar-refractivity contribution in [2.75, 3.05) is 0 Å². The standard InChI is InChI=1S/C33H56N2/c1-3-5-6-7-8-9-10-11-12-13-14-15-16-17-18-19-23-26-33(35-28-27-34-30-35)32(4-2)29-31-24-21-20-22-25-31/h20-22,24-25,27-28,30,32-33H,3-19,23,26,29H2,1-2H3/p+1. The third-order valence-corrected chi connectivity index (χ3v) is 7.96. The van der Waals surface area contributed by atoms with Gasteiger partial charge in [0.15, 0.2) is 0 Å². The fourth-order valence-corrected chi connectivity index (χ4v) is 5.68. The second-order valence-corrected chi connectivity index (χ2v) is 10.9. The molecule has 2 nitrogen and oxygen atoms in total. The van der Waals surface area contributed by atoms with Crippen LogP contribution in [0.25, 0.3) is 0 Å².